The summed E-state index contributed by atoms with van der Waals surface area (Å²) in [4.78, 5) is 4.59. The second kappa shape index (κ2) is 4.49. The molecule has 0 fully saturated rings. The van der Waals surface area contributed by atoms with E-state index >= 15 is 0 Å². The molecule has 0 unspecified atom stereocenters. The molecule has 0 spiro atoms. The molecule has 88 valence electrons. The monoisotopic (exact) mass is 234 g/mol. The average Bonchev–Trinajstić information content (AvgIpc) is 2.57. The molecule has 3 rings (SSSR count). The first-order valence-corrected chi connectivity index (χ1v) is 6.01. The van der Waals surface area contributed by atoms with E-state index < -0.39 is 0 Å². The van der Waals surface area contributed by atoms with Crippen molar-refractivity contribution in [2.75, 3.05) is 5.32 Å². The largest absolute Gasteiger partial charge is 0.353 e. The molecule has 18 heavy (non-hydrogen) atoms. The summed E-state index contributed by atoms with van der Waals surface area (Å²) in [5.41, 5.74) is 5.29. The zero-order valence-electron chi connectivity index (χ0n) is 10.2. The molecule has 0 saturated heterocycles. The van der Waals surface area contributed by atoms with E-state index in [9.17, 15) is 0 Å². The van der Waals surface area contributed by atoms with E-state index in [2.05, 4.69) is 28.5 Å². The van der Waals surface area contributed by atoms with Gasteiger partial charge in [0, 0.05) is 11.4 Å². The van der Waals surface area contributed by atoms with Gasteiger partial charge in [-0.05, 0) is 30.7 Å². The van der Waals surface area contributed by atoms with Crippen LogP contribution in [0.4, 0.5) is 11.4 Å². The lowest BCUT2D eigenvalue weighted by atomic mass is 10.1. The topological polar surface area (TPSA) is 24.4 Å². The Hall–Kier alpha value is -2.35. The Morgan fingerprint density at radius 1 is 0.889 bits per heavy atom. The Morgan fingerprint density at radius 3 is 2.44 bits per heavy atom. The number of hydrogen-bond acceptors (Lipinski definition) is 2. The van der Waals surface area contributed by atoms with Crippen molar-refractivity contribution in [1.82, 2.24) is 0 Å². The molecule has 0 amide bonds. The zero-order valence-corrected chi connectivity index (χ0v) is 10.2. The van der Waals surface area contributed by atoms with Crippen molar-refractivity contribution in [3.05, 3.63) is 66.2 Å². The highest BCUT2D eigenvalue weighted by Crippen LogP contribution is 2.30. The minimum Gasteiger partial charge on any atom is -0.353 e. The number of hydrogen-bond donors (Lipinski definition) is 1. The quantitative estimate of drug-likeness (QED) is 0.783. The van der Waals surface area contributed by atoms with Gasteiger partial charge >= 0.3 is 0 Å². The number of nitrogens with one attached hydrogen (secondary N) is 1. The molecule has 2 aromatic carbocycles. The lowest BCUT2D eigenvalue weighted by Gasteiger charge is -2.10. The van der Waals surface area contributed by atoms with Crippen LogP contribution in [0.25, 0.3) is 5.70 Å². The standard InChI is InChI=1S/C16H14N2/c1-12-11-16(13-7-3-2-4-8-13)18-15-10-6-5-9-14(15)17-12/h2-11,18H,1H3. The Kier molecular flexibility index (Phi) is 2.69. The second-order valence-corrected chi connectivity index (χ2v) is 4.32. The number of benzene rings is 2. The van der Waals surface area contributed by atoms with Gasteiger partial charge in [-0.25, -0.2) is 0 Å². The van der Waals surface area contributed by atoms with Crippen LogP contribution in [-0.2, 0) is 0 Å². The van der Waals surface area contributed by atoms with Gasteiger partial charge in [-0.3, -0.25) is 4.99 Å². The highest BCUT2D eigenvalue weighted by Gasteiger charge is 2.09. The highest BCUT2D eigenvalue weighted by molar-refractivity contribution is 6.05. The van der Waals surface area contributed by atoms with Crippen LogP contribution in [0.1, 0.15) is 12.5 Å². The van der Waals surface area contributed by atoms with Crippen molar-refractivity contribution in [1.29, 1.82) is 0 Å². The van der Waals surface area contributed by atoms with Crippen LogP contribution >= 0.6 is 0 Å². The van der Waals surface area contributed by atoms with E-state index in [0.717, 1.165) is 22.8 Å². The van der Waals surface area contributed by atoms with E-state index in [4.69, 9.17) is 0 Å². The van der Waals surface area contributed by atoms with Gasteiger partial charge in [0.05, 0.1) is 11.4 Å². The first-order valence-electron chi connectivity index (χ1n) is 6.01. The zero-order chi connectivity index (χ0) is 12.4. The van der Waals surface area contributed by atoms with Gasteiger partial charge in [0.1, 0.15) is 0 Å². The Bertz CT molecular complexity index is 625. The lowest BCUT2D eigenvalue weighted by molar-refractivity contribution is 1.49. The number of allylic oxidation sites excluding steroid dienone is 1. The molecule has 1 aliphatic heterocycles. The van der Waals surface area contributed by atoms with Crippen LogP contribution in [0, 0.1) is 0 Å². The number of aliphatic imine (C=N–C) groups is 1. The SMILES string of the molecule is CC1=Nc2ccccc2NC(c2ccccc2)=C1. The van der Waals surface area contributed by atoms with Crippen LogP contribution in [0.2, 0.25) is 0 Å². The van der Waals surface area contributed by atoms with Gasteiger partial charge in [0.2, 0.25) is 0 Å². The molecule has 1 N–H and O–H groups in total. The molecule has 0 bridgehead atoms. The van der Waals surface area contributed by atoms with Crippen molar-refractivity contribution in [3.8, 4) is 0 Å². The van der Waals surface area contributed by atoms with E-state index in [0.29, 0.717) is 0 Å². The maximum Gasteiger partial charge on any atom is 0.0867 e. The first-order chi connectivity index (χ1) is 8.83. The summed E-state index contributed by atoms with van der Waals surface area (Å²) in [7, 11) is 0. The van der Waals surface area contributed by atoms with Crippen LogP contribution in [-0.4, -0.2) is 5.71 Å². The van der Waals surface area contributed by atoms with Crippen LogP contribution in [0.3, 0.4) is 0 Å². The smallest absolute Gasteiger partial charge is 0.0867 e. The molecular formula is C16H14N2. The summed E-state index contributed by atoms with van der Waals surface area (Å²) in [5.74, 6) is 0. The summed E-state index contributed by atoms with van der Waals surface area (Å²) in [6.07, 6.45) is 2.08. The molecular weight excluding hydrogens is 220 g/mol. The van der Waals surface area contributed by atoms with Crippen molar-refractivity contribution in [2.24, 2.45) is 4.99 Å². The van der Waals surface area contributed by atoms with Crippen molar-refractivity contribution in [2.45, 2.75) is 6.92 Å². The second-order valence-electron chi connectivity index (χ2n) is 4.32. The Balaban J connectivity index is 2.08. The molecule has 0 aliphatic carbocycles. The Labute approximate surface area is 107 Å². The molecule has 2 nitrogen and oxygen atoms in total. The minimum absolute atomic E-state index is 0.984. The molecule has 1 heterocycles. The average molecular weight is 234 g/mol. The predicted molar refractivity (Wildman–Crippen MR) is 77.3 cm³/mol. The fourth-order valence-electron chi connectivity index (χ4n) is 2.06. The lowest BCUT2D eigenvalue weighted by Crippen LogP contribution is -1.98. The normalized spacial score (nSPS) is 13.8. The molecule has 0 saturated carbocycles. The highest BCUT2D eigenvalue weighted by atomic mass is 14.9. The molecule has 0 atom stereocenters. The summed E-state index contributed by atoms with van der Waals surface area (Å²) >= 11 is 0. The number of fused-ring (bicyclic) bond motifs is 1. The van der Waals surface area contributed by atoms with Gasteiger partial charge in [0.15, 0.2) is 0 Å². The van der Waals surface area contributed by atoms with Gasteiger partial charge in [-0.1, -0.05) is 42.5 Å². The molecule has 2 aromatic rings. The van der Waals surface area contributed by atoms with Crippen LogP contribution in [0.5, 0.6) is 0 Å². The van der Waals surface area contributed by atoms with E-state index in [-0.39, 0.29) is 0 Å². The predicted octanol–water partition coefficient (Wildman–Crippen LogP) is 4.25. The summed E-state index contributed by atoms with van der Waals surface area (Å²) < 4.78 is 0. The van der Waals surface area contributed by atoms with Gasteiger partial charge < -0.3 is 5.32 Å². The number of nitrogens with zero attached hydrogens (tertiary/aromatic N) is 1. The fourth-order valence-corrected chi connectivity index (χ4v) is 2.06. The van der Waals surface area contributed by atoms with E-state index in [1.165, 1.54) is 5.56 Å². The van der Waals surface area contributed by atoms with Crippen molar-refractivity contribution >= 4 is 22.8 Å². The molecule has 1 aliphatic rings. The minimum atomic E-state index is 0.984. The fraction of sp³-hybridized carbons (Fsp3) is 0.0625. The summed E-state index contributed by atoms with van der Waals surface area (Å²) in [6.45, 7) is 2.02. The third kappa shape index (κ3) is 2.05. The molecule has 0 aromatic heterocycles. The molecule has 0 radical (unpaired) electrons. The first kappa shape index (κ1) is 10.8. The van der Waals surface area contributed by atoms with Gasteiger partial charge in [-0.2, -0.15) is 0 Å². The summed E-state index contributed by atoms with van der Waals surface area (Å²) in [6, 6.07) is 18.4. The van der Waals surface area contributed by atoms with Gasteiger partial charge in [0.25, 0.3) is 0 Å². The third-order valence-corrected chi connectivity index (χ3v) is 2.91. The maximum absolute atomic E-state index is 4.59. The third-order valence-electron chi connectivity index (χ3n) is 2.91. The van der Waals surface area contributed by atoms with E-state index in [1.54, 1.807) is 0 Å². The van der Waals surface area contributed by atoms with Crippen molar-refractivity contribution < 1.29 is 0 Å². The van der Waals surface area contributed by atoms with Crippen LogP contribution < -0.4 is 5.32 Å². The van der Waals surface area contributed by atoms with Crippen molar-refractivity contribution in [3.63, 3.8) is 0 Å². The Morgan fingerprint density at radius 2 is 1.61 bits per heavy atom. The maximum atomic E-state index is 4.59. The van der Waals surface area contributed by atoms with E-state index in [1.807, 2.05) is 49.4 Å². The number of rotatable bonds is 1. The number of para-hydroxylation sites is 2. The van der Waals surface area contributed by atoms with Crippen LogP contribution in [0.15, 0.2) is 65.7 Å². The number of anilines is 1. The van der Waals surface area contributed by atoms with Gasteiger partial charge in [-0.15, -0.1) is 0 Å². The summed E-state index contributed by atoms with van der Waals surface area (Å²) in [5, 5.41) is 3.45. The molecule has 2 heteroatoms.